The van der Waals surface area contributed by atoms with Crippen LogP contribution in [0.3, 0.4) is 0 Å². The van der Waals surface area contributed by atoms with Gasteiger partial charge in [-0.15, -0.1) is 0 Å². The Kier molecular flexibility index (Phi) is 7.71. The lowest BCUT2D eigenvalue weighted by Crippen LogP contribution is -2.50. The molecule has 1 amide bonds. The van der Waals surface area contributed by atoms with Crippen molar-refractivity contribution in [1.29, 1.82) is 0 Å². The predicted octanol–water partition coefficient (Wildman–Crippen LogP) is 3.34. The number of unbranched alkanes of at least 4 members (excludes halogenated alkanes) is 1. The van der Waals surface area contributed by atoms with E-state index in [0.717, 1.165) is 22.9 Å². The molecule has 21 heavy (non-hydrogen) atoms. The van der Waals surface area contributed by atoms with Crippen LogP contribution < -0.4 is 10.8 Å². The lowest BCUT2D eigenvalue weighted by Gasteiger charge is -2.31. The van der Waals surface area contributed by atoms with Crippen molar-refractivity contribution in [2.75, 3.05) is 20.3 Å². The summed E-state index contributed by atoms with van der Waals surface area (Å²) in [7, 11) is 1.54. The number of hydrogen-bond donors (Lipinski definition) is 2. The van der Waals surface area contributed by atoms with Gasteiger partial charge in [-0.05, 0) is 31.0 Å². The summed E-state index contributed by atoms with van der Waals surface area (Å²) in [5.41, 5.74) is 3.11. The molecule has 1 aromatic rings. The number of rotatable bonds is 8. The van der Waals surface area contributed by atoms with Gasteiger partial charge in [-0.3, -0.25) is 0 Å². The molecule has 0 aliphatic rings. The van der Waals surface area contributed by atoms with Crippen LogP contribution in [0.4, 0.5) is 4.79 Å². The maximum atomic E-state index is 11.9. The van der Waals surface area contributed by atoms with Crippen LogP contribution in [0.5, 0.6) is 0 Å². The van der Waals surface area contributed by atoms with E-state index in [1.807, 2.05) is 31.2 Å². The van der Waals surface area contributed by atoms with E-state index in [9.17, 15) is 4.79 Å². The largest absolute Gasteiger partial charge is 0.450 e. The van der Waals surface area contributed by atoms with Crippen LogP contribution in [-0.2, 0) is 15.1 Å². The molecule has 0 aliphatic heterocycles. The fraction of sp³-hybridized carbons (Fsp3) is 0.533. The molecule has 2 N–H and O–H groups in total. The first kappa shape index (κ1) is 17.9. The molecular weight excluding hydrogens is 336 g/mol. The SMILES string of the molecule is CCCCOC(=O)NC(C)(CNOC)c1cccc(Br)c1. The fourth-order valence-electron chi connectivity index (χ4n) is 1.84. The highest BCUT2D eigenvalue weighted by Crippen LogP contribution is 2.23. The third-order valence-corrected chi connectivity index (χ3v) is 3.63. The summed E-state index contributed by atoms with van der Waals surface area (Å²) in [5, 5.41) is 2.91. The van der Waals surface area contributed by atoms with Gasteiger partial charge >= 0.3 is 6.09 Å². The van der Waals surface area contributed by atoms with Crippen LogP contribution >= 0.6 is 15.9 Å². The highest BCUT2D eigenvalue weighted by atomic mass is 79.9. The summed E-state index contributed by atoms with van der Waals surface area (Å²) in [6.07, 6.45) is 1.42. The lowest BCUT2D eigenvalue weighted by molar-refractivity contribution is 0.0662. The van der Waals surface area contributed by atoms with Gasteiger partial charge in [0.2, 0.25) is 0 Å². The third kappa shape index (κ3) is 6.03. The zero-order valence-corrected chi connectivity index (χ0v) is 14.3. The molecule has 6 heteroatoms. The lowest BCUT2D eigenvalue weighted by atomic mass is 9.92. The van der Waals surface area contributed by atoms with Gasteiger partial charge in [0.15, 0.2) is 0 Å². The Morgan fingerprint density at radius 1 is 1.43 bits per heavy atom. The van der Waals surface area contributed by atoms with Crippen LogP contribution in [0.2, 0.25) is 0 Å². The van der Waals surface area contributed by atoms with Gasteiger partial charge in [0.1, 0.15) is 0 Å². The summed E-state index contributed by atoms with van der Waals surface area (Å²) in [6, 6.07) is 7.78. The quantitative estimate of drug-likeness (QED) is 0.552. The van der Waals surface area contributed by atoms with Crippen molar-refractivity contribution in [3.63, 3.8) is 0 Å². The van der Waals surface area contributed by atoms with Crippen molar-refractivity contribution < 1.29 is 14.4 Å². The number of hydrogen-bond acceptors (Lipinski definition) is 4. The molecule has 1 atom stereocenters. The van der Waals surface area contributed by atoms with E-state index in [1.165, 1.54) is 0 Å². The Balaban J connectivity index is 2.80. The molecule has 0 radical (unpaired) electrons. The number of nitrogens with one attached hydrogen (secondary N) is 2. The minimum absolute atomic E-state index is 0.419. The number of benzene rings is 1. The third-order valence-electron chi connectivity index (χ3n) is 3.14. The monoisotopic (exact) mass is 358 g/mol. The molecule has 0 heterocycles. The van der Waals surface area contributed by atoms with Crippen molar-refractivity contribution in [3.05, 3.63) is 34.3 Å². The van der Waals surface area contributed by atoms with Crippen molar-refractivity contribution in [2.24, 2.45) is 0 Å². The molecule has 1 rings (SSSR count). The topological polar surface area (TPSA) is 59.6 Å². The Labute approximate surface area is 134 Å². The standard InChI is InChI=1S/C15H23BrN2O3/c1-4-5-9-21-14(19)18-15(2,11-17-20-3)12-7-6-8-13(16)10-12/h6-8,10,17H,4-5,9,11H2,1-3H3,(H,18,19). The number of amides is 1. The summed E-state index contributed by atoms with van der Waals surface area (Å²) in [4.78, 5) is 16.9. The van der Waals surface area contributed by atoms with Crippen molar-refractivity contribution in [2.45, 2.75) is 32.2 Å². The van der Waals surface area contributed by atoms with Crippen LogP contribution in [0.25, 0.3) is 0 Å². The second-order valence-electron chi connectivity index (χ2n) is 4.98. The molecule has 1 unspecified atom stereocenters. The van der Waals surface area contributed by atoms with E-state index in [4.69, 9.17) is 9.57 Å². The second kappa shape index (κ2) is 9.02. The van der Waals surface area contributed by atoms with E-state index < -0.39 is 11.6 Å². The van der Waals surface area contributed by atoms with Gasteiger partial charge in [-0.1, -0.05) is 41.4 Å². The van der Waals surface area contributed by atoms with Crippen LogP contribution in [0, 0.1) is 0 Å². The highest BCUT2D eigenvalue weighted by Gasteiger charge is 2.29. The molecule has 0 aromatic heterocycles. The van der Waals surface area contributed by atoms with Gasteiger partial charge in [-0.25, -0.2) is 10.3 Å². The van der Waals surface area contributed by atoms with Crippen molar-refractivity contribution in [3.8, 4) is 0 Å². The Bertz CT molecular complexity index is 456. The fourth-order valence-corrected chi connectivity index (χ4v) is 2.24. The van der Waals surface area contributed by atoms with Crippen LogP contribution in [-0.4, -0.2) is 26.4 Å². The average Bonchev–Trinajstić information content (AvgIpc) is 2.45. The molecular formula is C15H23BrN2O3. The van der Waals surface area contributed by atoms with Gasteiger partial charge in [0.25, 0.3) is 0 Å². The zero-order chi connectivity index (χ0) is 15.7. The zero-order valence-electron chi connectivity index (χ0n) is 12.7. The number of hydroxylamine groups is 1. The van der Waals surface area contributed by atoms with Gasteiger partial charge in [0.05, 0.1) is 19.3 Å². The first-order valence-electron chi connectivity index (χ1n) is 6.98. The van der Waals surface area contributed by atoms with Crippen LogP contribution in [0.1, 0.15) is 32.3 Å². The molecule has 0 saturated heterocycles. The number of carbonyl (C=O) groups is 1. The van der Waals surface area contributed by atoms with Crippen LogP contribution in [0.15, 0.2) is 28.7 Å². The van der Waals surface area contributed by atoms with E-state index >= 15 is 0 Å². The molecule has 0 spiro atoms. The summed E-state index contributed by atoms with van der Waals surface area (Å²) >= 11 is 3.44. The molecule has 0 saturated carbocycles. The van der Waals surface area contributed by atoms with E-state index in [-0.39, 0.29) is 0 Å². The minimum Gasteiger partial charge on any atom is -0.450 e. The molecule has 118 valence electrons. The van der Waals surface area contributed by atoms with Gasteiger partial charge < -0.3 is 14.9 Å². The number of ether oxygens (including phenoxy) is 1. The highest BCUT2D eigenvalue weighted by molar-refractivity contribution is 9.10. The van der Waals surface area contributed by atoms with Crippen molar-refractivity contribution in [1.82, 2.24) is 10.8 Å². The summed E-state index contributed by atoms with van der Waals surface area (Å²) < 4.78 is 6.13. The maximum absolute atomic E-state index is 11.9. The maximum Gasteiger partial charge on any atom is 0.407 e. The average molecular weight is 359 g/mol. The molecule has 0 bridgehead atoms. The molecule has 0 fully saturated rings. The van der Waals surface area contributed by atoms with E-state index in [0.29, 0.717) is 13.2 Å². The minimum atomic E-state index is -0.636. The molecule has 1 aromatic carbocycles. The Morgan fingerprint density at radius 2 is 2.19 bits per heavy atom. The first-order valence-corrected chi connectivity index (χ1v) is 7.78. The van der Waals surface area contributed by atoms with Gasteiger partial charge in [-0.2, -0.15) is 0 Å². The first-order chi connectivity index (χ1) is 10.0. The molecule has 5 nitrogen and oxygen atoms in total. The number of carbonyl (C=O) groups excluding carboxylic acids is 1. The number of halogens is 1. The van der Waals surface area contributed by atoms with Crippen molar-refractivity contribution >= 4 is 22.0 Å². The van der Waals surface area contributed by atoms with E-state index in [2.05, 4.69) is 33.7 Å². The van der Waals surface area contributed by atoms with E-state index in [1.54, 1.807) is 7.11 Å². The predicted molar refractivity (Wildman–Crippen MR) is 85.9 cm³/mol. The summed E-state index contributed by atoms with van der Waals surface area (Å²) in [6.45, 7) is 4.81. The molecule has 0 aliphatic carbocycles. The van der Waals surface area contributed by atoms with Gasteiger partial charge in [0, 0.05) is 11.0 Å². The number of alkyl carbamates (subject to hydrolysis) is 1. The smallest absolute Gasteiger partial charge is 0.407 e. The Morgan fingerprint density at radius 3 is 2.81 bits per heavy atom. The normalized spacial score (nSPS) is 13.5. The summed E-state index contributed by atoms with van der Waals surface area (Å²) in [5.74, 6) is 0. The second-order valence-corrected chi connectivity index (χ2v) is 5.90. The Hall–Kier alpha value is -1.11.